The van der Waals surface area contributed by atoms with Gasteiger partial charge in [-0.1, -0.05) is 5.16 Å². The number of carbonyl (C=O) groups excluding carboxylic acids is 1. The molecule has 0 radical (unpaired) electrons. The van der Waals surface area contributed by atoms with E-state index >= 15 is 0 Å². The average molecular weight is 242 g/mol. The average Bonchev–Trinajstić information content (AvgIpc) is 2.77. The zero-order valence-electron chi connectivity index (χ0n) is 8.45. The van der Waals surface area contributed by atoms with Gasteiger partial charge in [-0.25, -0.2) is 4.79 Å². The maximum absolute atomic E-state index is 11.3. The first kappa shape index (κ1) is 12.1. The van der Waals surface area contributed by atoms with Crippen molar-refractivity contribution in [3.05, 3.63) is 11.6 Å². The van der Waals surface area contributed by atoms with E-state index in [0.29, 0.717) is 5.69 Å². The van der Waals surface area contributed by atoms with Gasteiger partial charge in [-0.15, -0.1) is 0 Å². The van der Waals surface area contributed by atoms with E-state index in [2.05, 4.69) is 20.1 Å². The minimum atomic E-state index is -0.670. The van der Waals surface area contributed by atoms with Gasteiger partial charge in [0.05, 0.1) is 18.5 Å². The van der Waals surface area contributed by atoms with Crippen LogP contribution in [-0.4, -0.2) is 34.1 Å². The van der Waals surface area contributed by atoms with Gasteiger partial charge >= 0.3 is 5.97 Å². The molecule has 0 aromatic carbocycles. The molecule has 8 heteroatoms. The van der Waals surface area contributed by atoms with Crippen molar-refractivity contribution in [3.8, 4) is 0 Å². The maximum Gasteiger partial charge on any atom is 0.360 e. The molecular weight excluding hydrogens is 232 g/mol. The molecule has 0 spiro atoms. The highest BCUT2D eigenvalue weighted by molar-refractivity contribution is 7.04. The summed E-state index contributed by atoms with van der Waals surface area (Å²) in [6.07, 6.45) is 2.44. The first-order valence-electron chi connectivity index (χ1n) is 4.35. The molecule has 16 heavy (non-hydrogen) atoms. The molecule has 1 heterocycles. The quantitative estimate of drug-likeness (QED) is 0.346. The fourth-order valence-electron chi connectivity index (χ4n) is 0.772. The van der Waals surface area contributed by atoms with E-state index in [4.69, 9.17) is 9.94 Å². The molecule has 0 saturated carbocycles. The Kier molecular flexibility index (Phi) is 4.93. The molecule has 0 aliphatic heterocycles. The number of hydrogen-bond donors (Lipinski definition) is 2. The number of carbonyl (C=O) groups is 1. The third-order valence-electron chi connectivity index (χ3n) is 1.40. The third kappa shape index (κ3) is 3.65. The highest BCUT2D eigenvalue weighted by Gasteiger charge is 2.10. The molecule has 2 N–H and O–H groups in total. The Morgan fingerprint density at radius 1 is 1.81 bits per heavy atom. The Bertz CT molecular complexity index is 388. The van der Waals surface area contributed by atoms with Crippen LogP contribution < -0.4 is 5.43 Å². The molecule has 0 amide bonds. The van der Waals surface area contributed by atoms with Crippen LogP contribution in [0.2, 0.25) is 0 Å². The van der Waals surface area contributed by atoms with Gasteiger partial charge < -0.3 is 9.94 Å². The molecule has 0 unspecified atom stereocenters. The van der Waals surface area contributed by atoms with Crippen LogP contribution in [0.3, 0.4) is 0 Å². The predicted molar refractivity (Wildman–Crippen MR) is 60.1 cm³/mol. The van der Waals surface area contributed by atoms with Crippen molar-refractivity contribution in [1.82, 2.24) is 4.37 Å². The van der Waals surface area contributed by atoms with Gasteiger partial charge in [0.25, 0.3) is 0 Å². The predicted octanol–water partition coefficient (Wildman–Crippen LogP) is 0.934. The van der Waals surface area contributed by atoms with Crippen molar-refractivity contribution < 1.29 is 14.7 Å². The largest absolute Gasteiger partial charge is 0.461 e. The van der Waals surface area contributed by atoms with Gasteiger partial charge in [-0.3, -0.25) is 5.43 Å². The summed E-state index contributed by atoms with van der Waals surface area (Å²) in [6, 6.07) is 0. The minimum absolute atomic E-state index is 0.129. The Hall–Kier alpha value is -1.96. The van der Waals surface area contributed by atoms with Crippen molar-refractivity contribution in [1.29, 1.82) is 0 Å². The molecule has 0 saturated heterocycles. The monoisotopic (exact) mass is 242 g/mol. The Balaban J connectivity index is 2.69. The lowest BCUT2D eigenvalue weighted by molar-refractivity contribution is -0.134. The van der Waals surface area contributed by atoms with Crippen molar-refractivity contribution in [2.45, 2.75) is 6.92 Å². The second-order valence-electron chi connectivity index (χ2n) is 2.49. The van der Waals surface area contributed by atoms with Crippen molar-refractivity contribution in [2.75, 3.05) is 12.0 Å². The van der Waals surface area contributed by atoms with Crippen LogP contribution in [0.5, 0.6) is 0 Å². The topological polar surface area (TPSA) is 96.2 Å². The number of hydrogen-bond acceptors (Lipinski definition) is 8. The van der Waals surface area contributed by atoms with Gasteiger partial charge in [-0.2, -0.15) is 9.47 Å². The summed E-state index contributed by atoms with van der Waals surface area (Å²) >= 11 is 1.24. The molecule has 1 rings (SSSR count). The second kappa shape index (κ2) is 6.51. The van der Waals surface area contributed by atoms with E-state index in [0.717, 1.165) is 6.21 Å². The third-order valence-corrected chi connectivity index (χ3v) is 1.99. The van der Waals surface area contributed by atoms with Gasteiger partial charge in [0, 0.05) is 5.38 Å². The zero-order valence-corrected chi connectivity index (χ0v) is 9.27. The summed E-state index contributed by atoms with van der Waals surface area (Å²) in [5.74, 6) is -0.670. The first-order chi connectivity index (χ1) is 7.77. The summed E-state index contributed by atoms with van der Waals surface area (Å²) in [7, 11) is 0. The number of ether oxygens (including phenoxy) is 1. The number of nitrogens with zero attached hydrogens (tertiary/aromatic N) is 3. The van der Waals surface area contributed by atoms with Gasteiger partial charge in [0.2, 0.25) is 0 Å². The summed E-state index contributed by atoms with van der Waals surface area (Å²) < 4.78 is 8.54. The molecule has 0 aliphatic rings. The van der Waals surface area contributed by atoms with E-state index in [1.54, 1.807) is 18.5 Å². The van der Waals surface area contributed by atoms with Gasteiger partial charge in [0.1, 0.15) is 6.21 Å². The Morgan fingerprint density at radius 3 is 3.19 bits per heavy atom. The number of rotatable bonds is 5. The van der Waals surface area contributed by atoms with Crippen LogP contribution in [0, 0.1) is 0 Å². The van der Waals surface area contributed by atoms with Crippen molar-refractivity contribution in [2.24, 2.45) is 10.3 Å². The first-order valence-corrected chi connectivity index (χ1v) is 5.19. The lowest BCUT2D eigenvalue weighted by Gasteiger charge is -2.00. The van der Waals surface area contributed by atoms with Gasteiger partial charge in [0.15, 0.2) is 5.71 Å². The number of nitrogens with one attached hydrogen (secondary N) is 1. The highest BCUT2D eigenvalue weighted by atomic mass is 32.1. The van der Waals surface area contributed by atoms with E-state index in [-0.39, 0.29) is 12.3 Å². The van der Waals surface area contributed by atoms with E-state index in [1.165, 1.54) is 11.5 Å². The van der Waals surface area contributed by atoms with E-state index < -0.39 is 5.97 Å². The van der Waals surface area contributed by atoms with Gasteiger partial charge in [-0.05, 0) is 18.5 Å². The molecule has 1 aromatic heterocycles. The maximum atomic E-state index is 11.3. The molecule has 7 nitrogen and oxygen atoms in total. The van der Waals surface area contributed by atoms with Crippen LogP contribution in [0.1, 0.15) is 6.92 Å². The molecule has 0 fully saturated rings. The SMILES string of the molecule is CCOC(=O)C(/C=N/O)=N/Nc1cnsc1. The second-order valence-corrected chi connectivity index (χ2v) is 3.14. The van der Waals surface area contributed by atoms with Crippen molar-refractivity contribution >= 4 is 35.1 Å². The summed E-state index contributed by atoms with van der Waals surface area (Å²) in [5.41, 5.74) is 3.09. The molecule has 0 bridgehead atoms. The Labute approximate surface area is 95.6 Å². The van der Waals surface area contributed by atoms with Crippen LogP contribution in [0.4, 0.5) is 5.69 Å². The molecule has 0 aliphatic carbocycles. The standard InChI is InChI=1S/C8H10N4O3S/c1-2-15-8(13)7(4-9-14)12-11-6-3-10-16-5-6/h3-5,11,14H,2H2,1H3/b9-4+,12-7+. The number of oxime groups is 1. The summed E-state index contributed by atoms with van der Waals surface area (Å²) in [6.45, 7) is 1.89. The zero-order chi connectivity index (χ0) is 11.8. The summed E-state index contributed by atoms with van der Waals surface area (Å²) in [4.78, 5) is 11.3. The number of anilines is 1. The van der Waals surface area contributed by atoms with Crippen LogP contribution in [0.15, 0.2) is 21.8 Å². The molecule has 0 atom stereocenters. The number of aromatic nitrogens is 1. The fourth-order valence-corrected chi connectivity index (χ4v) is 1.23. The Morgan fingerprint density at radius 2 is 2.62 bits per heavy atom. The van der Waals surface area contributed by atoms with Crippen LogP contribution in [-0.2, 0) is 9.53 Å². The van der Waals surface area contributed by atoms with Crippen molar-refractivity contribution in [3.63, 3.8) is 0 Å². The molecule has 86 valence electrons. The summed E-state index contributed by atoms with van der Waals surface area (Å²) in [5, 5.41) is 16.5. The number of hydrazone groups is 1. The normalized spacial score (nSPS) is 11.7. The van der Waals surface area contributed by atoms with Crippen LogP contribution >= 0.6 is 11.5 Å². The highest BCUT2D eigenvalue weighted by Crippen LogP contribution is 2.07. The van der Waals surface area contributed by atoms with Crippen LogP contribution in [0.25, 0.3) is 0 Å². The minimum Gasteiger partial charge on any atom is -0.461 e. The number of esters is 1. The lowest BCUT2D eigenvalue weighted by Crippen LogP contribution is -2.20. The van der Waals surface area contributed by atoms with E-state index in [1.807, 2.05) is 0 Å². The molecule has 1 aromatic rings. The molecular formula is C8H10N4O3S. The smallest absolute Gasteiger partial charge is 0.360 e. The lowest BCUT2D eigenvalue weighted by atomic mass is 10.4. The van der Waals surface area contributed by atoms with E-state index in [9.17, 15) is 4.79 Å². The fraction of sp³-hybridized carbons (Fsp3) is 0.250.